The maximum absolute atomic E-state index is 14.0. The van der Waals surface area contributed by atoms with Gasteiger partial charge in [0.2, 0.25) is 17.4 Å². The van der Waals surface area contributed by atoms with Gasteiger partial charge in [-0.15, -0.1) is 0 Å². The van der Waals surface area contributed by atoms with Gasteiger partial charge in [-0.25, -0.2) is 8.42 Å². The van der Waals surface area contributed by atoms with Crippen molar-refractivity contribution in [3.63, 3.8) is 0 Å². The van der Waals surface area contributed by atoms with Gasteiger partial charge in [-0.2, -0.15) is 4.31 Å². The Balaban J connectivity index is 3.21. The van der Waals surface area contributed by atoms with E-state index in [9.17, 15) is 13.0 Å². The highest BCUT2D eigenvalue weighted by molar-refractivity contribution is 7.88. The molecule has 150 valence electrons. The third-order valence-corrected chi connectivity index (χ3v) is 12.4. The number of nitrogens with zero attached hydrogens (tertiary/aromatic N) is 1. The van der Waals surface area contributed by atoms with Gasteiger partial charge in [0.25, 0.3) is 0 Å². The third-order valence-electron chi connectivity index (χ3n) is 4.07. The van der Waals surface area contributed by atoms with E-state index in [0.717, 1.165) is 31.9 Å². The second kappa shape index (κ2) is 8.24. The van der Waals surface area contributed by atoms with Crippen LogP contribution >= 0.6 is 7.37 Å². The molecule has 1 fully saturated rings. The molecule has 6 nitrogen and oxygen atoms in total. The van der Waals surface area contributed by atoms with E-state index in [1.807, 2.05) is 19.6 Å². The van der Waals surface area contributed by atoms with Crippen molar-refractivity contribution in [2.24, 2.45) is 0 Å². The van der Waals surface area contributed by atoms with Crippen molar-refractivity contribution in [2.45, 2.75) is 76.7 Å². The van der Waals surface area contributed by atoms with Gasteiger partial charge in [0.15, 0.2) is 16.6 Å². The van der Waals surface area contributed by atoms with E-state index < -0.39 is 34.0 Å². The molecular formula is C15H36NO5PSSi2. The Morgan fingerprint density at radius 3 is 2.00 bits per heavy atom. The summed E-state index contributed by atoms with van der Waals surface area (Å²) in [5, 5.41) is 0. The average molecular weight is 430 g/mol. The Morgan fingerprint density at radius 1 is 1.04 bits per heavy atom. The molecular weight excluding hydrogens is 393 g/mol. The summed E-state index contributed by atoms with van der Waals surface area (Å²) in [5.41, 5.74) is -0.219. The number of sulfonamides is 1. The Kier molecular flexibility index (Phi) is 7.76. The van der Waals surface area contributed by atoms with Crippen LogP contribution in [0.25, 0.3) is 0 Å². The molecule has 0 aromatic carbocycles. The first-order valence-electron chi connectivity index (χ1n) is 8.92. The van der Waals surface area contributed by atoms with Gasteiger partial charge in [-0.05, 0) is 52.1 Å². The summed E-state index contributed by atoms with van der Waals surface area (Å²) < 4.78 is 51.5. The van der Waals surface area contributed by atoms with Crippen LogP contribution in [-0.4, -0.2) is 60.7 Å². The highest BCUT2D eigenvalue weighted by atomic mass is 32.2. The number of hydrogen-bond donors (Lipinski definition) is 0. The van der Waals surface area contributed by atoms with Gasteiger partial charge in [0.05, 0.1) is 24.3 Å². The smallest absolute Gasteiger partial charge is 0.213 e. The summed E-state index contributed by atoms with van der Waals surface area (Å²) in [5.74, 6) is 0. The highest BCUT2D eigenvalue weighted by Crippen LogP contribution is 2.59. The fraction of sp³-hybridized carbons (Fsp3) is 1.00. The van der Waals surface area contributed by atoms with E-state index in [4.69, 9.17) is 8.64 Å². The maximum atomic E-state index is 14.0. The number of rotatable bonds is 8. The third kappa shape index (κ3) is 7.95. The van der Waals surface area contributed by atoms with Gasteiger partial charge in [-0.3, -0.25) is 4.57 Å². The predicted molar refractivity (Wildman–Crippen MR) is 110 cm³/mol. The zero-order valence-electron chi connectivity index (χ0n) is 17.0. The average Bonchev–Trinajstić information content (AvgIpc) is 2.33. The first-order chi connectivity index (χ1) is 11.0. The fourth-order valence-electron chi connectivity index (χ4n) is 3.17. The monoisotopic (exact) mass is 429 g/mol. The molecule has 0 spiro atoms. The van der Waals surface area contributed by atoms with Gasteiger partial charge in [0.1, 0.15) is 0 Å². The molecule has 1 saturated carbocycles. The molecule has 0 aromatic heterocycles. The van der Waals surface area contributed by atoms with Crippen molar-refractivity contribution in [1.29, 1.82) is 0 Å². The second-order valence-corrected chi connectivity index (χ2v) is 23.0. The number of hydrogen-bond acceptors (Lipinski definition) is 5. The first kappa shape index (κ1) is 23.5. The molecule has 1 aliphatic carbocycles. The fourth-order valence-corrected chi connectivity index (χ4v) is 12.3. The van der Waals surface area contributed by atoms with Gasteiger partial charge < -0.3 is 8.64 Å². The minimum atomic E-state index is -3.42. The molecule has 10 heteroatoms. The SMILES string of the molecule is CN(CP(=O)(O[Si](C)(C)C)C1CCCCC1O[Si](C)(C)C)S(C)(=O)=O. The largest absolute Gasteiger partial charge is 0.414 e. The molecule has 0 bridgehead atoms. The first-order valence-corrected chi connectivity index (χ1v) is 19.5. The molecule has 0 aromatic rings. The zero-order chi connectivity index (χ0) is 19.7. The highest BCUT2D eigenvalue weighted by Gasteiger charge is 2.46. The molecule has 0 heterocycles. The minimum Gasteiger partial charge on any atom is -0.414 e. The van der Waals surface area contributed by atoms with Crippen molar-refractivity contribution in [3.8, 4) is 0 Å². The lowest BCUT2D eigenvalue weighted by Gasteiger charge is -2.42. The maximum Gasteiger partial charge on any atom is 0.213 e. The van der Waals surface area contributed by atoms with E-state index in [1.165, 1.54) is 11.4 Å². The molecule has 25 heavy (non-hydrogen) atoms. The van der Waals surface area contributed by atoms with Crippen molar-refractivity contribution in [3.05, 3.63) is 0 Å². The predicted octanol–water partition coefficient (Wildman–Crippen LogP) is 4.13. The van der Waals surface area contributed by atoms with E-state index in [1.54, 1.807) is 0 Å². The van der Waals surface area contributed by atoms with Crippen LogP contribution < -0.4 is 0 Å². The van der Waals surface area contributed by atoms with Crippen LogP contribution in [0.2, 0.25) is 39.3 Å². The van der Waals surface area contributed by atoms with Gasteiger partial charge in [0, 0.05) is 7.05 Å². The quantitative estimate of drug-likeness (QED) is 0.428. The van der Waals surface area contributed by atoms with E-state index in [0.29, 0.717) is 0 Å². The van der Waals surface area contributed by atoms with Crippen LogP contribution in [0, 0.1) is 0 Å². The molecule has 1 aliphatic rings. The van der Waals surface area contributed by atoms with Crippen LogP contribution in [0.4, 0.5) is 0 Å². The Morgan fingerprint density at radius 2 is 1.56 bits per heavy atom. The van der Waals surface area contributed by atoms with Crippen molar-refractivity contribution < 1.29 is 21.6 Å². The van der Waals surface area contributed by atoms with Crippen LogP contribution in [0.1, 0.15) is 25.7 Å². The molecule has 0 radical (unpaired) electrons. The Hall–Kier alpha value is 0.494. The summed E-state index contributed by atoms with van der Waals surface area (Å²) in [6.07, 6.45) is 4.66. The lowest BCUT2D eigenvalue weighted by molar-refractivity contribution is 0.145. The summed E-state index contributed by atoms with van der Waals surface area (Å²) in [7, 11) is -9.06. The normalized spacial score (nSPS) is 25.8. The molecule has 3 atom stereocenters. The second-order valence-electron chi connectivity index (χ2n) is 9.05. The van der Waals surface area contributed by atoms with E-state index >= 15 is 0 Å². The molecule has 0 aliphatic heterocycles. The molecule has 0 N–H and O–H groups in total. The van der Waals surface area contributed by atoms with Crippen LogP contribution in [-0.2, 0) is 23.2 Å². The summed E-state index contributed by atoms with van der Waals surface area (Å²) in [6.45, 7) is 12.4. The van der Waals surface area contributed by atoms with Crippen LogP contribution in [0.3, 0.4) is 0 Å². The van der Waals surface area contributed by atoms with Crippen molar-refractivity contribution >= 4 is 34.0 Å². The molecule has 0 amide bonds. The summed E-state index contributed by atoms with van der Waals surface area (Å²) in [4.78, 5) is 0. The lowest BCUT2D eigenvalue weighted by Crippen LogP contribution is -2.44. The van der Waals surface area contributed by atoms with Gasteiger partial charge >= 0.3 is 0 Å². The summed E-state index contributed by atoms with van der Waals surface area (Å²) in [6, 6.07) is 0. The minimum absolute atomic E-state index is 0.0632. The topological polar surface area (TPSA) is 72.9 Å². The molecule has 0 saturated heterocycles. The summed E-state index contributed by atoms with van der Waals surface area (Å²) >= 11 is 0. The standard InChI is InChI=1S/C15H36NO5PSSi2/c1-16(23(2,18)19)13-22(17,21-25(6,7)8)15-12-10-9-11-14(15)20-24(3,4)5/h14-15H,9-13H2,1-8H3. The Bertz CT molecular complexity index is 600. The lowest BCUT2D eigenvalue weighted by atomic mass is 9.97. The van der Waals surface area contributed by atoms with Crippen LogP contribution in [0.15, 0.2) is 0 Å². The van der Waals surface area contributed by atoms with Crippen molar-refractivity contribution in [1.82, 2.24) is 4.31 Å². The van der Waals surface area contributed by atoms with Crippen molar-refractivity contribution in [2.75, 3.05) is 19.6 Å². The van der Waals surface area contributed by atoms with Gasteiger partial charge in [-0.1, -0.05) is 12.8 Å². The molecule has 1 rings (SSSR count). The Labute approximate surface area is 156 Å². The zero-order valence-corrected chi connectivity index (χ0v) is 20.7. The van der Waals surface area contributed by atoms with E-state index in [-0.39, 0.29) is 18.0 Å². The van der Waals surface area contributed by atoms with E-state index in [2.05, 4.69) is 19.6 Å². The van der Waals surface area contributed by atoms with Crippen LogP contribution in [0.5, 0.6) is 0 Å². The molecule has 3 unspecified atom stereocenters.